The number of amides is 3. The second-order valence-electron chi connectivity index (χ2n) is 8.04. The number of rotatable bonds is 8. The molecular formula is C25H29N3O4. The van der Waals surface area contributed by atoms with Crippen LogP contribution < -0.4 is 15.4 Å². The van der Waals surface area contributed by atoms with Crippen molar-refractivity contribution in [2.45, 2.75) is 45.8 Å². The fraction of sp³-hybridized carbons (Fsp3) is 0.360. The van der Waals surface area contributed by atoms with E-state index in [1.54, 1.807) is 0 Å². The number of nitrogens with zero attached hydrogens (tertiary/aromatic N) is 1. The molecule has 2 heterocycles. The molecule has 1 aromatic heterocycles. The molecule has 0 radical (unpaired) electrons. The Morgan fingerprint density at radius 1 is 1.19 bits per heavy atom. The highest BCUT2D eigenvalue weighted by molar-refractivity contribution is 5.84. The molecule has 1 fully saturated rings. The summed E-state index contributed by atoms with van der Waals surface area (Å²) in [4.78, 5) is 26.2. The van der Waals surface area contributed by atoms with Gasteiger partial charge in [0.1, 0.15) is 5.76 Å². The van der Waals surface area contributed by atoms with Crippen molar-refractivity contribution in [2.75, 3.05) is 13.2 Å². The maximum Gasteiger partial charge on any atom is 0.315 e. The zero-order chi connectivity index (χ0) is 22.5. The SMILES string of the molecule is CCOc1cccc2cc(C(C)NC(=O)NCc3cccc(CN4CCCC4=O)c3)oc12. The van der Waals surface area contributed by atoms with Crippen LogP contribution in [-0.2, 0) is 17.9 Å². The molecule has 1 aliphatic rings. The molecule has 4 rings (SSSR count). The van der Waals surface area contributed by atoms with E-state index in [1.165, 1.54) is 0 Å². The van der Waals surface area contributed by atoms with Crippen LogP contribution in [0.1, 0.15) is 49.6 Å². The molecular weight excluding hydrogens is 406 g/mol. The average molecular weight is 436 g/mol. The molecule has 7 heteroatoms. The number of hydrogen-bond donors (Lipinski definition) is 2. The van der Waals surface area contributed by atoms with Gasteiger partial charge in [-0.2, -0.15) is 0 Å². The van der Waals surface area contributed by atoms with Crippen molar-refractivity contribution < 1.29 is 18.7 Å². The Bertz CT molecular complexity index is 1110. The molecule has 1 saturated heterocycles. The predicted octanol–water partition coefficient (Wildman–Crippen LogP) is 4.51. The number of hydrogen-bond acceptors (Lipinski definition) is 4. The number of likely N-dealkylation sites (tertiary alicyclic amines) is 1. The summed E-state index contributed by atoms with van der Waals surface area (Å²) in [5.74, 6) is 1.57. The van der Waals surface area contributed by atoms with Crippen molar-refractivity contribution in [3.8, 4) is 5.75 Å². The summed E-state index contributed by atoms with van der Waals surface area (Å²) in [6.07, 6.45) is 1.56. The van der Waals surface area contributed by atoms with Gasteiger partial charge >= 0.3 is 6.03 Å². The van der Waals surface area contributed by atoms with E-state index in [2.05, 4.69) is 10.6 Å². The van der Waals surface area contributed by atoms with Crippen LogP contribution >= 0.6 is 0 Å². The van der Waals surface area contributed by atoms with E-state index in [9.17, 15) is 9.59 Å². The topological polar surface area (TPSA) is 83.8 Å². The van der Waals surface area contributed by atoms with E-state index in [4.69, 9.17) is 9.15 Å². The van der Waals surface area contributed by atoms with Crippen LogP contribution in [-0.4, -0.2) is 30.0 Å². The molecule has 2 N–H and O–H groups in total. The number of urea groups is 1. The lowest BCUT2D eigenvalue weighted by Crippen LogP contribution is -2.36. The van der Waals surface area contributed by atoms with Gasteiger partial charge < -0.3 is 24.7 Å². The molecule has 0 saturated carbocycles. The predicted molar refractivity (Wildman–Crippen MR) is 122 cm³/mol. The number of benzene rings is 2. The molecule has 0 aliphatic carbocycles. The smallest absolute Gasteiger partial charge is 0.315 e. The van der Waals surface area contributed by atoms with Gasteiger partial charge in [0.2, 0.25) is 5.91 Å². The molecule has 3 amide bonds. The van der Waals surface area contributed by atoms with E-state index in [1.807, 2.05) is 67.3 Å². The number of nitrogens with one attached hydrogen (secondary N) is 2. The van der Waals surface area contributed by atoms with Gasteiger partial charge in [0.15, 0.2) is 11.3 Å². The zero-order valence-electron chi connectivity index (χ0n) is 18.5. The van der Waals surface area contributed by atoms with E-state index >= 15 is 0 Å². The Kier molecular flexibility index (Phi) is 6.63. The highest BCUT2D eigenvalue weighted by atomic mass is 16.5. The number of fused-ring (bicyclic) bond motifs is 1. The molecule has 168 valence electrons. The van der Waals surface area contributed by atoms with Gasteiger partial charge in [0.05, 0.1) is 12.6 Å². The highest BCUT2D eigenvalue weighted by Crippen LogP contribution is 2.31. The summed E-state index contributed by atoms with van der Waals surface area (Å²) in [5.41, 5.74) is 2.74. The van der Waals surface area contributed by atoms with Crippen LogP contribution in [0.3, 0.4) is 0 Å². The largest absolute Gasteiger partial charge is 0.490 e. The lowest BCUT2D eigenvalue weighted by Gasteiger charge is -2.16. The number of carbonyl (C=O) groups excluding carboxylic acids is 2. The number of carbonyl (C=O) groups is 2. The van der Waals surface area contributed by atoms with E-state index < -0.39 is 0 Å². The first-order chi connectivity index (χ1) is 15.5. The summed E-state index contributed by atoms with van der Waals surface area (Å²) in [5, 5.41) is 6.76. The Hall–Kier alpha value is -3.48. The first kappa shape index (κ1) is 21.7. The summed E-state index contributed by atoms with van der Waals surface area (Å²) in [6, 6.07) is 15.1. The van der Waals surface area contributed by atoms with Gasteiger partial charge in [-0.3, -0.25) is 4.79 Å². The molecule has 3 aromatic rings. The maximum atomic E-state index is 12.4. The van der Waals surface area contributed by atoms with Crippen molar-refractivity contribution in [1.82, 2.24) is 15.5 Å². The molecule has 32 heavy (non-hydrogen) atoms. The Labute approximate surface area is 187 Å². The lowest BCUT2D eigenvalue weighted by atomic mass is 10.1. The van der Waals surface area contributed by atoms with Crippen LogP contribution in [0.25, 0.3) is 11.0 Å². The molecule has 2 aromatic carbocycles. The second kappa shape index (κ2) is 9.77. The van der Waals surface area contributed by atoms with Crippen molar-refractivity contribution in [2.24, 2.45) is 0 Å². The van der Waals surface area contributed by atoms with Gasteiger partial charge in [0, 0.05) is 31.4 Å². The fourth-order valence-corrected chi connectivity index (χ4v) is 3.97. The van der Waals surface area contributed by atoms with Gasteiger partial charge in [-0.25, -0.2) is 4.79 Å². The van der Waals surface area contributed by atoms with Crippen LogP contribution in [0.5, 0.6) is 5.75 Å². The first-order valence-electron chi connectivity index (χ1n) is 11.1. The Balaban J connectivity index is 1.33. The van der Waals surface area contributed by atoms with E-state index in [-0.39, 0.29) is 18.0 Å². The van der Waals surface area contributed by atoms with Gasteiger partial charge in [-0.1, -0.05) is 36.4 Å². The van der Waals surface area contributed by atoms with Crippen molar-refractivity contribution >= 4 is 22.9 Å². The number of para-hydroxylation sites is 1. The summed E-state index contributed by atoms with van der Waals surface area (Å²) in [7, 11) is 0. The second-order valence-corrected chi connectivity index (χ2v) is 8.04. The number of ether oxygens (including phenoxy) is 1. The monoisotopic (exact) mass is 435 g/mol. The zero-order valence-corrected chi connectivity index (χ0v) is 18.5. The lowest BCUT2D eigenvalue weighted by molar-refractivity contribution is -0.128. The maximum absolute atomic E-state index is 12.4. The third-order valence-corrected chi connectivity index (χ3v) is 5.59. The molecule has 0 spiro atoms. The summed E-state index contributed by atoms with van der Waals surface area (Å²) < 4.78 is 11.6. The minimum absolute atomic E-state index is 0.209. The Morgan fingerprint density at radius 3 is 2.78 bits per heavy atom. The summed E-state index contributed by atoms with van der Waals surface area (Å²) >= 11 is 0. The minimum Gasteiger partial charge on any atom is -0.490 e. The number of furan rings is 1. The molecule has 7 nitrogen and oxygen atoms in total. The summed E-state index contributed by atoms with van der Waals surface area (Å²) in [6.45, 7) is 6.20. The van der Waals surface area contributed by atoms with Crippen LogP contribution in [0.2, 0.25) is 0 Å². The van der Waals surface area contributed by atoms with Gasteiger partial charge in [-0.05, 0) is 43.5 Å². The van der Waals surface area contributed by atoms with Crippen LogP contribution in [0.15, 0.2) is 52.9 Å². The molecule has 1 unspecified atom stereocenters. The van der Waals surface area contributed by atoms with Crippen LogP contribution in [0.4, 0.5) is 4.79 Å². The quantitative estimate of drug-likeness (QED) is 0.545. The third-order valence-electron chi connectivity index (χ3n) is 5.59. The van der Waals surface area contributed by atoms with E-state index in [0.717, 1.165) is 29.5 Å². The molecule has 1 atom stereocenters. The molecule has 1 aliphatic heterocycles. The van der Waals surface area contributed by atoms with Gasteiger partial charge in [-0.15, -0.1) is 0 Å². The van der Waals surface area contributed by atoms with Gasteiger partial charge in [0.25, 0.3) is 0 Å². The van der Waals surface area contributed by atoms with Crippen LogP contribution in [0, 0.1) is 0 Å². The van der Waals surface area contributed by atoms with E-state index in [0.29, 0.717) is 43.2 Å². The van der Waals surface area contributed by atoms with Crippen molar-refractivity contribution in [3.63, 3.8) is 0 Å². The molecule has 0 bridgehead atoms. The first-order valence-corrected chi connectivity index (χ1v) is 11.1. The third kappa shape index (κ3) is 5.04. The standard InChI is InChI=1S/C25H29N3O4/c1-3-31-21-10-5-9-20-14-22(32-24(20)21)17(2)27-25(30)26-15-18-7-4-8-19(13-18)16-28-12-6-11-23(28)29/h4-5,7-10,13-14,17H,3,6,11-12,15-16H2,1-2H3,(H2,26,27,30). The minimum atomic E-state index is -0.301. The van der Waals surface area contributed by atoms with Crippen molar-refractivity contribution in [1.29, 1.82) is 0 Å². The fourth-order valence-electron chi connectivity index (χ4n) is 3.97. The normalized spacial score (nSPS) is 14.6. The average Bonchev–Trinajstić information content (AvgIpc) is 3.40. The Morgan fingerprint density at radius 2 is 2.00 bits per heavy atom. The highest BCUT2D eigenvalue weighted by Gasteiger charge is 2.20. The van der Waals surface area contributed by atoms with Crippen molar-refractivity contribution in [3.05, 3.63) is 65.4 Å².